The Morgan fingerprint density at radius 1 is 0.889 bits per heavy atom. The second-order valence-corrected chi connectivity index (χ2v) is 6.95. The Bertz CT molecular complexity index is 795. The molecule has 4 nitrogen and oxygen atoms in total. The summed E-state index contributed by atoms with van der Waals surface area (Å²) in [6, 6.07) is 20.6. The number of hydrogen-bond acceptors (Lipinski definition) is 3. The molecule has 0 unspecified atom stereocenters. The molecular formula is C23H28N2O2. The van der Waals surface area contributed by atoms with Gasteiger partial charge < -0.3 is 9.47 Å². The zero-order chi connectivity index (χ0) is 18.9. The van der Waals surface area contributed by atoms with Crippen molar-refractivity contribution in [3.05, 3.63) is 83.7 Å². The lowest BCUT2D eigenvalue weighted by Gasteiger charge is -2.11. The summed E-state index contributed by atoms with van der Waals surface area (Å²) in [5, 5.41) is 4.43. The van der Waals surface area contributed by atoms with E-state index in [0.29, 0.717) is 25.7 Å². The molecule has 0 radical (unpaired) electrons. The van der Waals surface area contributed by atoms with Gasteiger partial charge in [-0.2, -0.15) is 5.10 Å². The molecule has 0 aliphatic rings. The smallest absolute Gasteiger partial charge is 0.119 e. The van der Waals surface area contributed by atoms with E-state index >= 15 is 0 Å². The van der Waals surface area contributed by atoms with E-state index in [-0.39, 0.29) is 0 Å². The Morgan fingerprint density at radius 2 is 1.67 bits per heavy atom. The third kappa shape index (κ3) is 5.97. The molecule has 142 valence electrons. The van der Waals surface area contributed by atoms with Crippen LogP contribution in [0.2, 0.25) is 0 Å². The normalized spacial score (nSPS) is 11.1. The lowest BCUT2D eigenvalue weighted by molar-refractivity contribution is 0.107. The van der Waals surface area contributed by atoms with Crippen molar-refractivity contribution in [1.29, 1.82) is 0 Å². The van der Waals surface area contributed by atoms with E-state index in [0.717, 1.165) is 18.7 Å². The first-order valence-corrected chi connectivity index (χ1v) is 9.57. The van der Waals surface area contributed by atoms with E-state index in [2.05, 4.69) is 54.0 Å². The maximum absolute atomic E-state index is 5.81. The average molecular weight is 364 g/mol. The molecule has 1 heterocycles. The molecule has 0 saturated carbocycles. The second-order valence-electron chi connectivity index (χ2n) is 6.95. The van der Waals surface area contributed by atoms with Crippen molar-refractivity contribution in [2.75, 3.05) is 13.2 Å². The van der Waals surface area contributed by atoms with E-state index in [1.165, 1.54) is 16.8 Å². The molecule has 0 N–H and O–H groups in total. The third-order valence-corrected chi connectivity index (χ3v) is 4.41. The summed E-state index contributed by atoms with van der Waals surface area (Å²) >= 11 is 0. The van der Waals surface area contributed by atoms with Crippen molar-refractivity contribution in [3.63, 3.8) is 0 Å². The van der Waals surface area contributed by atoms with Crippen molar-refractivity contribution >= 4 is 0 Å². The van der Waals surface area contributed by atoms with Crippen molar-refractivity contribution in [2.45, 2.75) is 39.3 Å². The topological polar surface area (TPSA) is 36.3 Å². The Hall–Kier alpha value is -2.59. The summed E-state index contributed by atoms with van der Waals surface area (Å²) in [5.41, 5.74) is 3.68. The first-order chi connectivity index (χ1) is 13.2. The molecule has 4 heteroatoms. The van der Waals surface area contributed by atoms with Gasteiger partial charge in [0.05, 0.1) is 26.4 Å². The monoisotopic (exact) mass is 364 g/mol. The summed E-state index contributed by atoms with van der Waals surface area (Å²) in [5.74, 6) is 1.37. The van der Waals surface area contributed by atoms with Gasteiger partial charge in [0.2, 0.25) is 0 Å². The standard InChI is InChI=1S/C23H28N2O2/c1-19(2)23-13-14-24-25(23)17-20-9-11-22(12-10-20)27-16-6-15-26-18-21-7-4-3-5-8-21/h3-5,7-14,19H,6,15-18H2,1-2H3. The molecule has 3 rings (SSSR count). The molecular weight excluding hydrogens is 336 g/mol. The van der Waals surface area contributed by atoms with Gasteiger partial charge in [0.25, 0.3) is 0 Å². The van der Waals surface area contributed by atoms with Crippen LogP contribution in [0.5, 0.6) is 5.75 Å². The summed E-state index contributed by atoms with van der Waals surface area (Å²) in [4.78, 5) is 0. The molecule has 0 saturated heterocycles. The van der Waals surface area contributed by atoms with Crippen molar-refractivity contribution < 1.29 is 9.47 Å². The van der Waals surface area contributed by atoms with Gasteiger partial charge in [-0.15, -0.1) is 0 Å². The highest BCUT2D eigenvalue weighted by Crippen LogP contribution is 2.17. The third-order valence-electron chi connectivity index (χ3n) is 4.41. The highest BCUT2D eigenvalue weighted by atomic mass is 16.5. The van der Waals surface area contributed by atoms with Gasteiger partial charge in [0.15, 0.2) is 0 Å². The lowest BCUT2D eigenvalue weighted by atomic mass is 10.1. The predicted molar refractivity (Wildman–Crippen MR) is 108 cm³/mol. The number of ether oxygens (including phenoxy) is 2. The number of benzene rings is 2. The molecule has 3 aromatic rings. The molecule has 2 aromatic carbocycles. The fourth-order valence-electron chi connectivity index (χ4n) is 2.94. The average Bonchev–Trinajstić information content (AvgIpc) is 3.15. The molecule has 0 atom stereocenters. The summed E-state index contributed by atoms with van der Waals surface area (Å²) in [6.07, 6.45) is 2.74. The van der Waals surface area contributed by atoms with E-state index in [1.807, 2.05) is 36.5 Å². The molecule has 27 heavy (non-hydrogen) atoms. The van der Waals surface area contributed by atoms with Gasteiger partial charge in [0, 0.05) is 18.3 Å². The molecule has 0 aliphatic carbocycles. The van der Waals surface area contributed by atoms with Gasteiger partial charge in [-0.05, 0) is 35.2 Å². The second kappa shape index (κ2) is 9.93. The van der Waals surface area contributed by atoms with E-state index in [4.69, 9.17) is 9.47 Å². The van der Waals surface area contributed by atoms with E-state index in [1.54, 1.807) is 0 Å². The molecule has 0 fully saturated rings. The molecule has 0 amide bonds. The van der Waals surface area contributed by atoms with E-state index in [9.17, 15) is 0 Å². The zero-order valence-electron chi connectivity index (χ0n) is 16.2. The first kappa shape index (κ1) is 19.2. The maximum Gasteiger partial charge on any atom is 0.119 e. The van der Waals surface area contributed by atoms with Crippen molar-refractivity contribution in [3.8, 4) is 5.75 Å². The van der Waals surface area contributed by atoms with Crippen LogP contribution in [0.15, 0.2) is 66.9 Å². The predicted octanol–water partition coefficient (Wildman–Crippen LogP) is 5.04. The Kier molecular flexibility index (Phi) is 7.05. The number of nitrogens with zero attached hydrogens (tertiary/aromatic N) is 2. The van der Waals surface area contributed by atoms with Crippen molar-refractivity contribution in [1.82, 2.24) is 9.78 Å². The van der Waals surface area contributed by atoms with Gasteiger partial charge in [-0.1, -0.05) is 56.3 Å². The number of hydrogen-bond donors (Lipinski definition) is 0. The van der Waals surface area contributed by atoms with Crippen LogP contribution in [0.3, 0.4) is 0 Å². The van der Waals surface area contributed by atoms with Crippen LogP contribution in [0.4, 0.5) is 0 Å². The van der Waals surface area contributed by atoms with Crippen LogP contribution < -0.4 is 4.74 Å². The minimum Gasteiger partial charge on any atom is -0.494 e. The van der Waals surface area contributed by atoms with Crippen LogP contribution >= 0.6 is 0 Å². The fraction of sp³-hybridized carbons (Fsp3) is 0.348. The summed E-state index contributed by atoms with van der Waals surface area (Å²) < 4.78 is 13.5. The SMILES string of the molecule is CC(C)c1ccnn1Cc1ccc(OCCCOCc2ccccc2)cc1. The highest BCUT2D eigenvalue weighted by molar-refractivity contribution is 5.27. The highest BCUT2D eigenvalue weighted by Gasteiger charge is 2.07. The minimum absolute atomic E-state index is 0.471. The molecule has 0 aliphatic heterocycles. The van der Waals surface area contributed by atoms with Crippen LogP contribution in [-0.4, -0.2) is 23.0 Å². The van der Waals surface area contributed by atoms with E-state index < -0.39 is 0 Å². The molecule has 0 bridgehead atoms. The first-order valence-electron chi connectivity index (χ1n) is 9.57. The van der Waals surface area contributed by atoms with Gasteiger partial charge in [-0.25, -0.2) is 0 Å². The Labute approximate surface area is 161 Å². The molecule has 0 spiro atoms. The molecule has 1 aromatic heterocycles. The van der Waals surface area contributed by atoms with Gasteiger partial charge >= 0.3 is 0 Å². The quantitative estimate of drug-likeness (QED) is 0.473. The summed E-state index contributed by atoms with van der Waals surface area (Å²) in [6.45, 7) is 7.17. The largest absolute Gasteiger partial charge is 0.494 e. The fourth-order valence-corrected chi connectivity index (χ4v) is 2.94. The minimum atomic E-state index is 0.471. The van der Waals surface area contributed by atoms with Gasteiger partial charge in [0.1, 0.15) is 5.75 Å². The van der Waals surface area contributed by atoms with Crippen molar-refractivity contribution in [2.24, 2.45) is 0 Å². The Balaban J connectivity index is 1.37. The van der Waals surface area contributed by atoms with Gasteiger partial charge in [-0.3, -0.25) is 4.68 Å². The summed E-state index contributed by atoms with van der Waals surface area (Å²) in [7, 11) is 0. The zero-order valence-corrected chi connectivity index (χ0v) is 16.2. The van der Waals surface area contributed by atoms with Crippen LogP contribution in [0.25, 0.3) is 0 Å². The maximum atomic E-state index is 5.81. The lowest BCUT2D eigenvalue weighted by Crippen LogP contribution is -2.07. The number of aromatic nitrogens is 2. The Morgan fingerprint density at radius 3 is 2.41 bits per heavy atom. The van der Waals surface area contributed by atoms with Crippen LogP contribution in [0, 0.1) is 0 Å². The van der Waals surface area contributed by atoms with Crippen LogP contribution in [-0.2, 0) is 17.9 Å². The number of rotatable bonds is 10. The van der Waals surface area contributed by atoms with Crippen LogP contribution in [0.1, 0.15) is 43.0 Å².